The fourth-order valence-electron chi connectivity index (χ4n) is 2.45. The fourth-order valence-corrected chi connectivity index (χ4v) is 2.55. The minimum absolute atomic E-state index is 0.0983. The number of hydrogen-bond donors (Lipinski definition) is 0. The lowest BCUT2D eigenvalue weighted by Gasteiger charge is -2.20. The lowest BCUT2D eigenvalue weighted by atomic mass is 9.92. The van der Waals surface area contributed by atoms with Gasteiger partial charge in [-0.15, -0.1) is 0 Å². The van der Waals surface area contributed by atoms with Crippen molar-refractivity contribution in [2.75, 3.05) is 13.1 Å². The van der Waals surface area contributed by atoms with Crippen molar-refractivity contribution in [2.45, 2.75) is 40.0 Å². The summed E-state index contributed by atoms with van der Waals surface area (Å²) in [7, 11) is 0. The van der Waals surface area contributed by atoms with Crippen LogP contribution in [-0.2, 0) is 5.41 Å². The molecule has 0 spiro atoms. The van der Waals surface area contributed by atoms with Crippen molar-refractivity contribution in [3.8, 4) is 17.1 Å². The van der Waals surface area contributed by atoms with Crippen molar-refractivity contribution in [3.05, 3.63) is 35.4 Å². The topological polar surface area (TPSA) is 25.4 Å². The molecule has 0 bridgehead atoms. The first-order valence-corrected chi connectivity index (χ1v) is 8.14. The molecule has 4 heteroatoms. The van der Waals surface area contributed by atoms with Gasteiger partial charge in [0.2, 0.25) is 5.36 Å². The number of rotatable bonds is 4. The molecule has 1 heterocycles. The Hall–Kier alpha value is -1.68. The van der Waals surface area contributed by atoms with Crippen LogP contribution < -0.4 is 14.7 Å². The Bertz CT molecular complexity index is 704. The number of ether oxygens (including phenoxy) is 1. The molecular formula is C18H24NO2S+. The number of benzene rings is 1. The molecule has 2 aliphatic rings. The molecule has 1 aliphatic carbocycles. The maximum absolute atomic E-state index is 6.14. The van der Waals surface area contributed by atoms with E-state index < -0.39 is 0 Å². The lowest BCUT2D eigenvalue weighted by Crippen LogP contribution is -2.29. The zero-order valence-corrected chi connectivity index (χ0v) is 14.8. The Balaban J connectivity index is 2.77. The van der Waals surface area contributed by atoms with Gasteiger partial charge in [-0.1, -0.05) is 20.8 Å². The SMILES string of the molecule is CC[N+](CC)=c1ccc2c(OC=S)cc(C(C)(C)C)oc-2c1. The molecule has 0 amide bonds. The van der Waals surface area contributed by atoms with Crippen LogP contribution in [0, 0.1) is 0 Å². The molecule has 0 unspecified atom stereocenters. The monoisotopic (exact) mass is 318 g/mol. The quantitative estimate of drug-likeness (QED) is 0.633. The fraction of sp³-hybridized carbons (Fsp3) is 0.444. The van der Waals surface area contributed by atoms with Crippen molar-refractivity contribution < 1.29 is 9.15 Å². The van der Waals surface area contributed by atoms with Crippen LogP contribution in [0.2, 0.25) is 0 Å². The van der Waals surface area contributed by atoms with E-state index in [0.717, 1.165) is 41.3 Å². The smallest absolute Gasteiger partial charge is 0.203 e. The van der Waals surface area contributed by atoms with Crippen LogP contribution in [0.25, 0.3) is 11.3 Å². The van der Waals surface area contributed by atoms with Gasteiger partial charge in [0.25, 0.3) is 0 Å². The van der Waals surface area contributed by atoms with E-state index in [-0.39, 0.29) is 5.41 Å². The van der Waals surface area contributed by atoms with Gasteiger partial charge in [0.05, 0.1) is 11.6 Å². The maximum Gasteiger partial charge on any atom is 0.203 e. The second kappa shape index (κ2) is 6.61. The summed E-state index contributed by atoms with van der Waals surface area (Å²) in [5, 5.41) is 1.15. The Morgan fingerprint density at radius 1 is 1.18 bits per heavy atom. The molecule has 0 fully saturated rings. The van der Waals surface area contributed by atoms with Crippen LogP contribution >= 0.6 is 12.2 Å². The average Bonchev–Trinajstić information content (AvgIpc) is 2.47. The van der Waals surface area contributed by atoms with E-state index in [0.29, 0.717) is 0 Å². The Labute approximate surface area is 137 Å². The van der Waals surface area contributed by atoms with E-state index in [1.165, 1.54) is 5.55 Å². The summed E-state index contributed by atoms with van der Waals surface area (Å²) in [6.07, 6.45) is 0. The molecule has 0 radical (unpaired) electrons. The number of hydrogen-bond acceptors (Lipinski definition) is 3. The van der Waals surface area contributed by atoms with Crippen LogP contribution in [0.15, 0.2) is 28.7 Å². The normalized spacial score (nSPS) is 11.5. The Kier molecular flexibility index (Phi) is 5.01. The van der Waals surface area contributed by atoms with Crippen LogP contribution in [-0.4, -0.2) is 18.6 Å². The summed E-state index contributed by atoms with van der Waals surface area (Å²) < 4.78 is 14.0. The van der Waals surface area contributed by atoms with Crippen LogP contribution in [0.5, 0.6) is 5.75 Å². The second-order valence-corrected chi connectivity index (χ2v) is 6.48. The number of nitrogens with zero attached hydrogens (tertiary/aromatic N) is 1. The molecule has 0 aromatic carbocycles. The third-order valence-electron chi connectivity index (χ3n) is 3.76. The largest absolute Gasteiger partial charge is 0.460 e. The second-order valence-electron chi connectivity index (χ2n) is 6.29. The lowest BCUT2D eigenvalue weighted by molar-refractivity contribution is 0.398. The van der Waals surface area contributed by atoms with E-state index in [1.54, 1.807) is 0 Å². The molecule has 1 aliphatic heterocycles. The zero-order chi connectivity index (χ0) is 16.3. The first kappa shape index (κ1) is 16.7. The third kappa shape index (κ3) is 3.38. The van der Waals surface area contributed by atoms with Crippen molar-refractivity contribution in [1.82, 2.24) is 4.58 Å². The molecule has 0 N–H and O–H groups in total. The molecule has 0 saturated heterocycles. The van der Waals surface area contributed by atoms with Gasteiger partial charge >= 0.3 is 0 Å². The summed E-state index contributed by atoms with van der Waals surface area (Å²) in [6.45, 7) is 12.6. The predicted molar refractivity (Wildman–Crippen MR) is 94.7 cm³/mol. The highest BCUT2D eigenvalue weighted by Crippen LogP contribution is 2.36. The molecule has 2 rings (SSSR count). The minimum Gasteiger partial charge on any atom is -0.460 e. The van der Waals surface area contributed by atoms with Gasteiger partial charge in [0.1, 0.15) is 30.4 Å². The van der Waals surface area contributed by atoms with Gasteiger partial charge in [0, 0.05) is 17.5 Å². The van der Waals surface area contributed by atoms with Crippen molar-refractivity contribution >= 4 is 17.8 Å². The van der Waals surface area contributed by atoms with Crippen LogP contribution in [0.1, 0.15) is 40.4 Å². The van der Waals surface area contributed by atoms with E-state index in [1.807, 2.05) is 12.1 Å². The molecule has 0 aromatic heterocycles. The van der Waals surface area contributed by atoms with Gasteiger partial charge in [0.15, 0.2) is 5.55 Å². The van der Waals surface area contributed by atoms with Gasteiger partial charge in [-0.25, -0.2) is 4.58 Å². The molecule has 118 valence electrons. The van der Waals surface area contributed by atoms with Crippen molar-refractivity contribution in [1.29, 1.82) is 0 Å². The minimum atomic E-state index is -0.0983. The first-order chi connectivity index (χ1) is 10.4. The highest BCUT2D eigenvalue weighted by atomic mass is 32.1. The highest BCUT2D eigenvalue weighted by Gasteiger charge is 2.22. The van der Waals surface area contributed by atoms with Crippen molar-refractivity contribution in [3.63, 3.8) is 0 Å². The number of thiocarbonyl (C=S) groups is 1. The third-order valence-corrected chi connectivity index (χ3v) is 3.85. The summed E-state index contributed by atoms with van der Waals surface area (Å²) >= 11 is 4.85. The van der Waals surface area contributed by atoms with E-state index >= 15 is 0 Å². The van der Waals surface area contributed by atoms with Gasteiger partial charge in [-0.2, -0.15) is 0 Å². The molecule has 0 atom stereocenters. The van der Waals surface area contributed by atoms with Crippen molar-refractivity contribution in [2.24, 2.45) is 0 Å². The average molecular weight is 318 g/mol. The van der Waals surface area contributed by atoms with Crippen LogP contribution in [0.4, 0.5) is 0 Å². The maximum atomic E-state index is 6.14. The molecule has 22 heavy (non-hydrogen) atoms. The van der Waals surface area contributed by atoms with Crippen LogP contribution in [0.3, 0.4) is 0 Å². The predicted octanol–water partition coefficient (Wildman–Crippen LogP) is 3.83. The van der Waals surface area contributed by atoms with Gasteiger partial charge in [-0.05, 0) is 32.1 Å². The Morgan fingerprint density at radius 2 is 1.86 bits per heavy atom. The summed E-state index contributed by atoms with van der Waals surface area (Å²) in [5.41, 5.74) is 2.13. The van der Waals surface area contributed by atoms with E-state index in [2.05, 4.69) is 51.3 Å². The first-order valence-electron chi connectivity index (χ1n) is 7.67. The summed E-state index contributed by atoms with van der Waals surface area (Å²) in [6, 6.07) is 8.14. The molecular weight excluding hydrogens is 294 g/mol. The molecule has 3 nitrogen and oxygen atoms in total. The molecule has 0 aromatic rings. The highest BCUT2D eigenvalue weighted by molar-refractivity contribution is 7.78. The molecule has 0 saturated carbocycles. The van der Waals surface area contributed by atoms with E-state index in [9.17, 15) is 0 Å². The summed E-state index contributed by atoms with van der Waals surface area (Å²) in [4.78, 5) is 0. The Morgan fingerprint density at radius 3 is 2.41 bits per heavy atom. The standard InChI is InChI=1S/C18H24NO2S/c1-6-19(7-2)13-8-9-14-15(20-12-22)11-17(18(3,4)5)21-16(14)10-13/h8-12H,6-7H2,1-5H3/q+1. The summed E-state index contributed by atoms with van der Waals surface area (Å²) in [5.74, 6) is 2.44. The van der Waals surface area contributed by atoms with E-state index in [4.69, 9.17) is 21.4 Å². The zero-order valence-electron chi connectivity index (χ0n) is 14.0. The number of fused-ring (bicyclic) bond motifs is 1. The van der Waals surface area contributed by atoms with Gasteiger partial charge in [-0.3, -0.25) is 0 Å². The van der Waals surface area contributed by atoms with Gasteiger partial charge < -0.3 is 9.15 Å².